The van der Waals surface area contributed by atoms with Crippen molar-refractivity contribution < 1.29 is 19.4 Å². The number of rotatable bonds is 7. The first-order valence-corrected chi connectivity index (χ1v) is 8.20. The van der Waals surface area contributed by atoms with E-state index in [0.29, 0.717) is 13.1 Å². The summed E-state index contributed by atoms with van der Waals surface area (Å²) in [5, 5.41) is 8.56. The first-order valence-electron chi connectivity index (χ1n) is 8.20. The van der Waals surface area contributed by atoms with Crippen molar-refractivity contribution in [1.82, 2.24) is 9.80 Å². The Kier molecular flexibility index (Phi) is 7.65. The van der Waals surface area contributed by atoms with Crippen LogP contribution in [0, 0.1) is 0 Å². The number of nitrogens with zero attached hydrogens (tertiary/aromatic N) is 2. The molecule has 0 saturated carbocycles. The van der Waals surface area contributed by atoms with E-state index in [1.54, 1.807) is 4.90 Å². The molecule has 1 aliphatic rings. The van der Waals surface area contributed by atoms with Crippen LogP contribution in [0.25, 0.3) is 0 Å². The number of hydrogen-bond donors (Lipinski definition) is 1. The monoisotopic (exact) mass is 314 g/mol. The van der Waals surface area contributed by atoms with Gasteiger partial charge in [-0.2, -0.15) is 0 Å². The van der Waals surface area contributed by atoms with Crippen molar-refractivity contribution >= 4 is 12.1 Å². The third-order valence-electron chi connectivity index (χ3n) is 3.64. The van der Waals surface area contributed by atoms with Gasteiger partial charge in [0, 0.05) is 32.6 Å². The molecule has 1 saturated heterocycles. The van der Waals surface area contributed by atoms with Crippen LogP contribution in [0.4, 0.5) is 4.79 Å². The maximum absolute atomic E-state index is 11.9. The van der Waals surface area contributed by atoms with Gasteiger partial charge in [-0.15, -0.1) is 0 Å². The number of ether oxygens (including phenoxy) is 1. The summed E-state index contributed by atoms with van der Waals surface area (Å²) in [5.74, 6) is -0.710. The molecule has 1 heterocycles. The average Bonchev–Trinajstić information content (AvgIpc) is 2.41. The van der Waals surface area contributed by atoms with Gasteiger partial charge in [0.05, 0.1) is 0 Å². The SMILES string of the molecule is CC(C)(C)OC(=O)N1CCN(CCCCCCC(=O)O)CC1. The van der Waals surface area contributed by atoms with E-state index in [2.05, 4.69) is 4.90 Å². The zero-order chi connectivity index (χ0) is 16.6. The second-order valence-corrected chi connectivity index (χ2v) is 6.87. The van der Waals surface area contributed by atoms with Crippen LogP contribution < -0.4 is 0 Å². The molecule has 0 aromatic rings. The quantitative estimate of drug-likeness (QED) is 0.731. The molecule has 0 spiro atoms. The average molecular weight is 314 g/mol. The highest BCUT2D eigenvalue weighted by atomic mass is 16.6. The Bertz CT molecular complexity index is 358. The fourth-order valence-corrected chi connectivity index (χ4v) is 2.45. The molecule has 0 bridgehead atoms. The zero-order valence-corrected chi connectivity index (χ0v) is 14.1. The van der Waals surface area contributed by atoms with Crippen LogP contribution in [-0.4, -0.2) is 65.3 Å². The van der Waals surface area contributed by atoms with Crippen molar-refractivity contribution in [2.45, 2.75) is 58.5 Å². The maximum atomic E-state index is 11.9. The summed E-state index contributed by atoms with van der Waals surface area (Å²) in [6.45, 7) is 9.86. The summed E-state index contributed by atoms with van der Waals surface area (Å²) < 4.78 is 5.38. The fourth-order valence-electron chi connectivity index (χ4n) is 2.45. The Morgan fingerprint density at radius 3 is 2.14 bits per heavy atom. The summed E-state index contributed by atoms with van der Waals surface area (Å²) in [4.78, 5) is 26.5. The molecule has 0 aromatic heterocycles. The molecule has 0 atom stereocenters. The number of aliphatic carboxylic acids is 1. The first kappa shape index (κ1) is 18.7. The van der Waals surface area contributed by atoms with Crippen LogP contribution in [0.1, 0.15) is 52.9 Å². The lowest BCUT2D eigenvalue weighted by atomic mass is 10.1. The van der Waals surface area contributed by atoms with Gasteiger partial charge in [-0.1, -0.05) is 12.8 Å². The lowest BCUT2D eigenvalue weighted by Crippen LogP contribution is -2.50. The molecule has 22 heavy (non-hydrogen) atoms. The molecule has 0 radical (unpaired) electrons. The van der Waals surface area contributed by atoms with E-state index in [1.165, 1.54) is 0 Å². The van der Waals surface area contributed by atoms with Crippen LogP contribution in [-0.2, 0) is 9.53 Å². The molecule has 1 rings (SSSR count). The summed E-state index contributed by atoms with van der Waals surface area (Å²) in [7, 11) is 0. The van der Waals surface area contributed by atoms with Gasteiger partial charge < -0.3 is 14.7 Å². The summed E-state index contributed by atoms with van der Waals surface area (Å²) in [6, 6.07) is 0. The van der Waals surface area contributed by atoms with Crippen LogP contribution >= 0.6 is 0 Å². The summed E-state index contributed by atoms with van der Waals surface area (Å²) >= 11 is 0. The van der Waals surface area contributed by atoms with E-state index in [-0.39, 0.29) is 12.5 Å². The number of piperazine rings is 1. The van der Waals surface area contributed by atoms with E-state index in [1.807, 2.05) is 20.8 Å². The molecule has 0 unspecified atom stereocenters. The molecule has 1 aliphatic heterocycles. The number of carbonyl (C=O) groups excluding carboxylic acids is 1. The standard InChI is InChI=1S/C16H30N2O4/c1-16(2,3)22-15(21)18-12-10-17(11-13-18)9-7-5-4-6-8-14(19)20/h4-13H2,1-3H3,(H,19,20). The summed E-state index contributed by atoms with van der Waals surface area (Å²) in [6.07, 6.45) is 3.95. The predicted octanol–water partition coefficient (Wildman–Crippen LogP) is 2.57. The zero-order valence-electron chi connectivity index (χ0n) is 14.1. The highest BCUT2D eigenvalue weighted by molar-refractivity contribution is 5.68. The molecular formula is C16H30N2O4. The van der Waals surface area contributed by atoms with E-state index in [9.17, 15) is 9.59 Å². The molecule has 1 amide bonds. The highest BCUT2D eigenvalue weighted by Gasteiger charge is 2.25. The van der Waals surface area contributed by atoms with Gasteiger partial charge in [-0.05, 0) is 40.2 Å². The van der Waals surface area contributed by atoms with E-state index in [4.69, 9.17) is 9.84 Å². The minimum Gasteiger partial charge on any atom is -0.481 e. The molecule has 1 N–H and O–H groups in total. The van der Waals surface area contributed by atoms with Gasteiger partial charge in [0.1, 0.15) is 5.60 Å². The molecule has 6 nitrogen and oxygen atoms in total. The van der Waals surface area contributed by atoms with Crippen molar-refractivity contribution in [1.29, 1.82) is 0 Å². The number of carboxylic acids is 1. The molecule has 0 aromatic carbocycles. The van der Waals surface area contributed by atoms with Crippen molar-refractivity contribution in [3.8, 4) is 0 Å². The van der Waals surface area contributed by atoms with E-state index < -0.39 is 11.6 Å². The largest absolute Gasteiger partial charge is 0.481 e. The molecular weight excluding hydrogens is 284 g/mol. The lowest BCUT2D eigenvalue weighted by molar-refractivity contribution is -0.137. The van der Waals surface area contributed by atoms with Crippen LogP contribution in [0.2, 0.25) is 0 Å². The number of unbranched alkanes of at least 4 members (excludes halogenated alkanes) is 3. The Labute approximate surface area is 133 Å². The Hall–Kier alpha value is -1.30. The maximum Gasteiger partial charge on any atom is 0.410 e. The van der Waals surface area contributed by atoms with Crippen LogP contribution in [0.15, 0.2) is 0 Å². The lowest BCUT2D eigenvalue weighted by Gasteiger charge is -2.35. The second-order valence-electron chi connectivity index (χ2n) is 6.87. The third kappa shape index (κ3) is 8.22. The molecule has 6 heteroatoms. The van der Waals surface area contributed by atoms with E-state index >= 15 is 0 Å². The minimum atomic E-state index is -0.710. The van der Waals surface area contributed by atoms with Gasteiger partial charge >= 0.3 is 12.1 Å². The fraction of sp³-hybridized carbons (Fsp3) is 0.875. The number of carboxylic acid groups (broad SMARTS) is 1. The van der Waals surface area contributed by atoms with Crippen molar-refractivity contribution in [2.24, 2.45) is 0 Å². The van der Waals surface area contributed by atoms with Crippen molar-refractivity contribution in [3.63, 3.8) is 0 Å². The summed E-state index contributed by atoms with van der Waals surface area (Å²) in [5.41, 5.74) is -0.440. The predicted molar refractivity (Wildman–Crippen MR) is 85.0 cm³/mol. The smallest absolute Gasteiger partial charge is 0.410 e. The number of amides is 1. The highest BCUT2D eigenvalue weighted by Crippen LogP contribution is 2.12. The second kappa shape index (κ2) is 8.98. The number of carbonyl (C=O) groups is 2. The van der Waals surface area contributed by atoms with E-state index in [0.717, 1.165) is 45.3 Å². The van der Waals surface area contributed by atoms with Gasteiger partial charge in [-0.25, -0.2) is 4.79 Å². The third-order valence-corrected chi connectivity index (χ3v) is 3.64. The topological polar surface area (TPSA) is 70.1 Å². The first-order chi connectivity index (χ1) is 10.3. The van der Waals surface area contributed by atoms with Gasteiger partial charge in [0.25, 0.3) is 0 Å². The van der Waals surface area contributed by atoms with Crippen LogP contribution in [0.5, 0.6) is 0 Å². The Morgan fingerprint density at radius 2 is 1.59 bits per heavy atom. The molecule has 128 valence electrons. The molecule has 1 fully saturated rings. The Balaban J connectivity index is 2.10. The Morgan fingerprint density at radius 1 is 1.00 bits per heavy atom. The van der Waals surface area contributed by atoms with Crippen LogP contribution in [0.3, 0.4) is 0 Å². The number of hydrogen-bond acceptors (Lipinski definition) is 4. The molecule has 0 aliphatic carbocycles. The van der Waals surface area contributed by atoms with Gasteiger partial charge in [-0.3, -0.25) is 9.69 Å². The van der Waals surface area contributed by atoms with Gasteiger partial charge in [0.15, 0.2) is 0 Å². The van der Waals surface area contributed by atoms with Crippen molar-refractivity contribution in [3.05, 3.63) is 0 Å². The van der Waals surface area contributed by atoms with Gasteiger partial charge in [0.2, 0.25) is 0 Å². The van der Waals surface area contributed by atoms with Crippen molar-refractivity contribution in [2.75, 3.05) is 32.7 Å². The normalized spacial score (nSPS) is 16.6. The minimum absolute atomic E-state index is 0.221.